The lowest BCUT2D eigenvalue weighted by Gasteiger charge is -2.32. The summed E-state index contributed by atoms with van der Waals surface area (Å²) in [6.45, 7) is 25.1. The number of fused-ring (bicyclic) bond motifs is 16. The second kappa shape index (κ2) is 17.4. The molecule has 5 nitrogen and oxygen atoms in total. The third kappa shape index (κ3) is 6.73. The number of hydrogen-bond donors (Lipinski definition) is 0. The van der Waals surface area contributed by atoms with E-state index in [-0.39, 0.29) is 0 Å². The van der Waals surface area contributed by atoms with Crippen molar-refractivity contribution in [3.8, 4) is 22.3 Å². The quantitative estimate of drug-likeness (QED) is 0.128. The van der Waals surface area contributed by atoms with Gasteiger partial charge in [0.15, 0.2) is 11.3 Å². The Bertz CT molecular complexity index is 4480. The van der Waals surface area contributed by atoms with E-state index in [9.17, 15) is 0 Å². The Morgan fingerprint density at radius 3 is 1.69 bits per heavy atom. The lowest BCUT2D eigenvalue weighted by Crippen LogP contribution is -2.24. The first-order valence-electron chi connectivity index (χ1n) is 27.6. The van der Waals surface area contributed by atoms with Crippen molar-refractivity contribution in [3.05, 3.63) is 239 Å². The second-order valence-electron chi connectivity index (χ2n) is 23.2. The summed E-state index contributed by atoms with van der Waals surface area (Å²) in [7, 11) is 0. The van der Waals surface area contributed by atoms with E-state index in [1.165, 1.54) is 61.0 Å². The zero-order valence-corrected chi connectivity index (χ0v) is 45.9. The van der Waals surface area contributed by atoms with Gasteiger partial charge in [0, 0.05) is 71.6 Å². The summed E-state index contributed by atoms with van der Waals surface area (Å²) in [6.07, 6.45) is 3.97. The molecule has 2 aliphatic rings. The van der Waals surface area contributed by atoms with Gasteiger partial charge in [0.25, 0.3) is 0 Å². The maximum atomic E-state index is 7.20. The summed E-state index contributed by atoms with van der Waals surface area (Å²) in [5, 5.41) is 5.67. The summed E-state index contributed by atoms with van der Waals surface area (Å²) in [5.74, 6) is 1.44. The first-order valence-corrected chi connectivity index (χ1v) is 27.6. The third-order valence-electron chi connectivity index (χ3n) is 17.3. The van der Waals surface area contributed by atoms with E-state index >= 15 is 0 Å². The highest BCUT2D eigenvalue weighted by Gasteiger charge is 2.49. The molecule has 5 heteroatoms. The van der Waals surface area contributed by atoms with Crippen molar-refractivity contribution in [1.82, 2.24) is 0 Å². The molecule has 0 unspecified atom stereocenters. The zero-order chi connectivity index (χ0) is 53.5. The molecule has 12 aromatic rings. The van der Waals surface area contributed by atoms with Gasteiger partial charge in [-0.1, -0.05) is 183 Å². The normalized spacial score (nSPS) is 14.3. The van der Waals surface area contributed by atoms with Crippen LogP contribution in [0.3, 0.4) is 0 Å². The van der Waals surface area contributed by atoms with Crippen LogP contribution in [0, 0.1) is 6.92 Å². The van der Waals surface area contributed by atoms with Gasteiger partial charge in [-0.3, -0.25) is 0 Å². The van der Waals surface area contributed by atoms with Crippen LogP contribution in [0.15, 0.2) is 208 Å². The fourth-order valence-electron chi connectivity index (χ4n) is 13.6. The molecule has 0 saturated carbocycles. The minimum atomic E-state index is -0.450. The van der Waals surface area contributed by atoms with Crippen LogP contribution in [0.5, 0.6) is 0 Å². The number of allylic oxidation sites excluding steroid dienone is 2. The molecule has 0 atom stereocenters. The molecule has 0 N–H and O–H groups in total. The molecule has 0 radical (unpaired) electrons. The minimum Gasteiger partial charge on any atom is -0.455 e. The van der Waals surface area contributed by atoms with E-state index < -0.39 is 10.8 Å². The molecule has 3 heterocycles. The Labute approximate surface area is 456 Å². The molecule has 0 bridgehead atoms. The van der Waals surface area contributed by atoms with Crippen molar-refractivity contribution < 1.29 is 13.3 Å². The average Bonchev–Trinajstić information content (AvgIpc) is 3.05. The van der Waals surface area contributed by atoms with Gasteiger partial charge in [-0.2, -0.15) is 0 Å². The zero-order valence-electron chi connectivity index (χ0n) is 45.9. The van der Waals surface area contributed by atoms with E-state index in [0.29, 0.717) is 11.8 Å². The number of para-hydroxylation sites is 6. The fourth-order valence-corrected chi connectivity index (χ4v) is 13.6. The smallest absolute Gasteiger partial charge is 0.159 e. The van der Waals surface area contributed by atoms with Gasteiger partial charge in [0.2, 0.25) is 0 Å². The molecule has 382 valence electrons. The van der Waals surface area contributed by atoms with E-state index in [4.69, 9.17) is 13.3 Å². The van der Waals surface area contributed by atoms with E-state index in [1.54, 1.807) is 0 Å². The molecule has 9 aromatic carbocycles. The Kier molecular flexibility index (Phi) is 10.6. The van der Waals surface area contributed by atoms with Gasteiger partial charge in [-0.15, -0.1) is 0 Å². The minimum absolute atomic E-state index is 0.301. The fraction of sp³-hybridized carbons (Fsp3) is 0.178. The van der Waals surface area contributed by atoms with Crippen LogP contribution in [0.4, 0.5) is 28.4 Å². The van der Waals surface area contributed by atoms with Crippen molar-refractivity contribution in [2.45, 2.75) is 85.0 Å². The monoisotopic (exact) mass is 1010 g/mol. The highest BCUT2D eigenvalue weighted by Crippen LogP contribution is 2.64. The lowest BCUT2D eigenvalue weighted by molar-refractivity contribution is 0.587. The molecular formula is C73H62N2O3. The molecule has 0 aliphatic heterocycles. The maximum Gasteiger partial charge on any atom is 0.159 e. The Hall–Kier alpha value is -8.80. The molecule has 2 aliphatic carbocycles. The standard InChI is InChI=1S/C73H62N2O3/c1-11-23-59(67-44(6)51-31-20-29-49(42(2)3)68(51)77-67)74(45-24-14-12-15-25-45)47-37-39-55-58(41-47)73(9,10)66-64(55)71-63(56-28-18-19-35-61(56)76-71)62-54-38-36-48(40-57(54)72(7,8)65(62)66)75(46-26-16-13-17-27-46)60-34-22-33-53-52-32-21-30-50(43(4)5)69(52)78-70(53)60/h11-43H,1H2,2-10H3/b59-23+. The van der Waals surface area contributed by atoms with Crippen LogP contribution in [-0.2, 0) is 10.8 Å². The molecule has 0 fully saturated rings. The van der Waals surface area contributed by atoms with Crippen LogP contribution in [-0.4, -0.2) is 0 Å². The topological polar surface area (TPSA) is 45.9 Å². The van der Waals surface area contributed by atoms with Crippen LogP contribution >= 0.6 is 0 Å². The average molecular weight is 1020 g/mol. The van der Waals surface area contributed by atoms with E-state index in [0.717, 1.165) is 94.9 Å². The Morgan fingerprint density at radius 1 is 0.487 bits per heavy atom. The van der Waals surface area contributed by atoms with Crippen molar-refractivity contribution in [2.75, 3.05) is 9.80 Å². The lowest BCUT2D eigenvalue weighted by atomic mass is 9.72. The summed E-state index contributed by atoms with van der Waals surface area (Å²) >= 11 is 0. The van der Waals surface area contributed by atoms with E-state index in [2.05, 4.69) is 261 Å². The van der Waals surface area contributed by atoms with Crippen molar-refractivity contribution >= 4 is 89.0 Å². The van der Waals surface area contributed by atoms with Crippen LogP contribution in [0.1, 0.15) is 112 Å². The van der Waals surface area contributed by atoms with Crippen molar-refractivity contribution in [2.24, 2.45) is 0 Å². The van der Waals surface area contributed by atoms with Crippen LogP contribution in [0.25, 0.3) is 82.8 Å². The van der Waals surface area contributed by atoms with Gasteiger partial charge in [-0.25, -0.2) is 0 Å². The summed E-state index contributed by atoms with van der Waals surface area (Å²) in [6, 6.07) is 63.8. The number of rotatable bonds is 10. The predicted molar refractivity (Wildman–Crippen MR) is 327 cm³/mol. The van der Waals surface area contributed by atoms with Gasteiger partial charge in [0.05, 0.1) is 11.4 Å². The van der Waals surface area contributed by atoms with Gasteiger partial charge in [0.1, 0.15) is 22.3 Å². The number of furan rings is 3. The molecule has 78 heavy (non-hydrogen) atoms. The second-order valence-corrected chi connectivity index (χ2v) is 23.2. The van der Waals surface area contributed by atoms with Crippen LogP contribution < -0.4 is 9.80 Å². The molecule has 14 rings (SSSR count). The molecule has 3 aromatic heterocycles. The number of hydrogen-bond acceptors (Lipinski definition) is 5. The largest absolute Gasteiger partial charge is 0.455 e. The van der Waals surface area contributed by atoms with Crippen molar-refractivity contribution in [1.29, 1.82) is 0 Å². The Balaban J connectivity index is 0.972. The van der Waals surface area contributed by atoms with Gasteiger partial charge in [-0.05, 0) is 136 Å². The first kappa shape index (κ1) is 47.6. The van der Waals surface area contributed by atoms with Crippen LogP contribution in [0.2, 0.25) is 0 Å². The molecule has 0 saturated heterocycles. The summed E-state index contributed by atoms with van der Waals surface area (Å²) in [5.41, 5.74) is 23.4. The predicted octanol–water partition coefficient (Wildman–Crippen LogP) is 21.2. The summed E-state index contributed by atoms with van der Waals surface area (Å²) < 4.78 is 21.3. The molecule has 0 amide bonds. The van der Waals surface area contributed by atoms with Gasteiger partial charge < -0.3 is 23.1 Å². The van der Waals surface area contributed by atoms with E-state index in [1.807, 2.05) is 6.08 Å². The first-order chi connectivity index (χ1) is 37.8. The third-order valence-corrected chi connectivity index (χ3v) is 17.3. The molecule has 0 spiro atoms. The highest BCUT2D eigenvalue weighted by molar-refractivity contribution is 6.21. The number of nitrogens with zero attached hydrogens (tertiary/aromatic N) is 2. The highest BCUT2D eigenvalue weighted by atomic mass is 16.3. The van der Waals surface area contributed by atoms with Gasteiger partial charge >= 0.3 is 0 Å². The summed E-state index contributed by atoms with van der Waals surface area (Å²) in [4.78, 5) is 4.73. The maximum absolute atomic E-state index is 7.20. The number of aryl methyl sites for hydroxylation is 1. The molecular weight excluding hydrogens is 953 g/mol. The number of anilines is 5. The SMILES string of the molecule is C=C/C=C(\c1oc2c(C(C)C)cccc2c1C)N(c1ccccc1)c1ccc2c(c1)C(C)(C)c1c3c(c4c(oc5ccccc54)c1-2)-c1ccc(N(c2ccccc2)c2cccc4c2oc2c(C(C)C)cccc24)cc1C3(C)C. The number of benzene rings is 9. The van der Waals surface area contributed by atoms with Crippen molar-refractivity contribution in [3.63, 3.8) is 0 Å². The Morgan fingerprint density at radius 2 is 1.03 bits per heavy atom.